The van der Waals surface area contributed by atoms with Crippen molar-refractivity contribution in [3.63, 3.8) is 0 Å². The lowest BCUT2D eigenvalue weighted by molar-refractivity contribution is 0.0229. The maximum Gasteiger partial charge on any atom is 0.0727 e. The predicted octanol–water partition coefficient (Wildman–Crippen LogP) is 2.33. The van der Waals surface area contributed by atoms with Gasteiger partial charge >= 0.3 is 0 Å². The lowest BCUT2D eigenvalue weighted by Crippen LogP contribution is -2.40. The Balaban J connectivity index is 2.40. The SMILES string of the molecule is CCOC1CCCCCCC1NC. The van der Waals surface area contributed by atoms with E-state index in [1.165, 1.54) is 38.5 Å². The van der Waals surface area contributed by atoms with E-state index in [1.807, 2.05) is 0 Å². The largest absolute Gasteiger partial charge is 0.377 e. The van der Waals surface area contributed by atoms with E-state index in [0.717, 1.165) is 6.61 Å². The molecule has 0 aliphatic heterocycles. The molecule has 2 atom stereocenters. The second-order valence-corrected chi connectivity index (χ2v) is 3.88. The number of nitrogens with one attached hydrogen (secondary N) is 1. The van der Waals surface area contributed by atoms with Gasteiger partial charge in [0.1, 0.15) is 0 Å². The Labute approximate surface area is 82.0 Å². The maximum absolute atomic E-state index is 5.76. The molecule has 0 amide bonds. The smallest absolute Gasteiger partial charge is 0.0727 e. The molecule has 0 aromatic carbocycles. The fourth-order valence-electron chi connectivity index (χ4n) is 2.19. The molecular formula is C11H23NO. The second-order valence-electron chi connectivity index (χ2n) is 3.88. The number of rotatable bonds is 3. The van der Waals surface area contributed by atoms with Gasteiger partial charge in [0.05, 0.1) is 6.10 Å². The van der Waals surface area contributed by atoms with Crippen LogP contribution in [0.25, 0.3) is 0 Å². The van der Waals surface area contributed by atoms with Crippen LogP contribution in [0.4, 0.5) is 0 Å². The molecule has 0 aromatic heterocycles. The van der Waals surface area contributed by atoms with Gasteiger partial charge < -0.3 is 10.1 Å². The standard InChI is InChI=1S/C11H23NO/c1-3-13-11-9-7-5-4-6-8-10(11)12-2/h10-12H,3-9H2,1-2H3. The van der Waals surface area contributed by atoms with Crippen LogP contribution in [0.3, 0.4) is 0 Å². The number of hydrogen-bond acceptors (Lipinski definition) is 2. The Morgan fingerprint density at radius 3 is 2.46 bits per heavy atom. The predicted molar refractivity (Wildman–Crippen MR) is 56.0 cm³/mol. The third-order valence-electron chi connectivity index (χ3n) is 2.95. The van der Waals surface area contributed by atoms with Crippen molar-refractivity contribution >= 4 is 0 Å². The van der Waals surface area contributed by atoms with Crippen LogP contribution in [0, 0.1) is 0 Å². The van der Waals surface area contributed by atoms with Crippen molar-refractivity contribution < 1.29 is 4.74 Å². The van der Waals surface area contributed by atoms with E-state index in [4.69, 9.17) is 4.74 Å². The number of hydrogen-bond donors (Lipinski definition) is 1. The monoisotopic (exact) mass is 185 g/mol. The topological polar surface area (TPSA) is 21.3 Å². The molecule has 78 valence electrons. The molecule has 13 heavy (non-hydrogen) atoms. The van der Waals surface area contributed by atoms with Crippen LogP contribution in [-0.4, -0.2) is 25.8 Å². The van der Waals surface area contributed by atoms with Crippen LogP contribution < -0.4 is 5.32 Å². The molecule has 1 saturated carbocycles. The Bertz CT molecular complexity index is 127. The zero-order chi connectivity index (χ0) is 9.52. The maximum atomic E-state index is 5.76. The summed E-state index contributed by atoms with van der Waals surface area (Å²) in [7, 11) is 2.05. The summed E-state index contributed by atoms with van der Waals surface area (Å²) >= 11 is 0. The molecule has 0 aromatic rings. The Kier molecular flexibility index (Phi) is 5.40. The molecule has 0 spiro atoms. The third-order valence-corrected chi connectivity index (χ3v) is 2.95. The molecule has 0 saturated heterocycles. The minimum absolute atomic E-state index is 0.454. The fourth-order valence-corrected chi connectivity index (χ4v) is 2.19. The highest BCUT2D eigenvalue weighted by Gasteiger charge is 2.20. The van der Waals surface area contributed by atoms with Crippen LogP contribution in [0.5, 0.6) is 0 Å². The van der Waals surface area contributed by atoms with Gasteiger partial charge in [0.25, 0.3) is 0 Å². The van der Waals surface area contributed by atoms with Gasteiger partial charge in [0.2, 0.25) is 0 Å². The van der Waals surface area contributed by atoms with E-state index in [-0.39, 0.29) is 0 Å². The van der Waals surface area contributed by atoms with E-state index in [2.05, 4.69) is 19.3 Å². The quantitative estimate of drug-likeness (QED) is 0.728. The molecule has 0 radical (unpaired) electrons. The number of likely N-dealkylation sites (N-methyl/N-ethyl adjacent to an activating group) is 1. The molecular weight excluding hydrogens is 162 g/mol. The van der Waals surface area contributed by atoms with E-state index in [9.17, 15) is 0 Å². The molecule has 2 unspecified atom stereocenters. The summed E-state index contributed by atoms with van der Waals surface area (Å²) in [5.41, 5.74) is 0. The van der Waals surface area contributed by atoms with Crippen molar-refractivity contribution in [3.8, 4) is 0 Å². The average Bonchev–Trinajstić information content (AvgIpc) is 2.10. The van der Waals surface area contributed by atoms with Gasteiger partial charge in [-0.2, -0.15) is 0 Å². The first-order valence-corrected chi connectivity index (χ1v) is 5.67. The summed E-state index contributed by atoms with van der Waals surface area (Å²) < 4.78 is 5.76. The molecule has 0 heterocycles. The van der Waals surface area contributed by atoms with E-state index in [1.54, 1.807) is 0 Å². The molecule has 1 fully saturated rings. The normalized spacial score (nSPS) is 30.9. The molecule has 0 bridgehead atoms. The van der Waals surface area contributed by atoms with Gasteiger partial charge in [0, 0.05) is 12.6 Å². The third kappa shape index (κ3) is 3.65. The van der Waals surface area contributed by atoms with Crippen LogP contribution in [0.2, 0.25) is 0 Å². The van der Waals surface area contributed by atoms with Crippen molar-refractivity contribution in [2.75, 3.05) is 13.7 Å². The van der Waals surface area contributed by atoms with Gasteiger partial charge in [-0.1, -0.05) is 25.7 Å². The molecule has 1 rings (SSSR count). The minimum Gasteiger partial charge on any atom is -0.377 e. The van der Waals surface area contributed by atoms with Crippen LogP contribution in [0.1, 0.15) is 45.4 Å². The van der Waals surface area contributed by atoms with Gasteiger partial charge in [-0.25, -0.2) is 0 Å². The summed E-state index contributed by atoms with van der Waals surface area (Å²) in [5.74, 6) is 0. The van der Waals surface area contributed by atoms with E-state index < -0.39 is 0 Å². The Morgan fingerprint density at radius 2 is 1.85 bits per heavy atom. The van der Waals surface area contributed by atoms with Crippen molar-refractivity contribution in [3.05, 3.63) is 0 Å². The summed E-state index contributed by atoms with van der Waals surface area (Å²) in [6, 6.07) is 0.584. The van der Waals surface area contributed by atoms with Crippen LogP contribution in [0.15, 0.2) is 0 Å². The Hall–Kier alpha value is -0.0800. The zero-order valence-electron chi connectivity index (χ0n) is 9.01. The van der Waals surface area contributed by atoms with Crippen LogP contribution >= 0.6 is 0 Å². The summed E-state index contributed by atoms with van der Waals surface area (Å²) in [5, 5.41) is 3.38. The summed E-state index contributed by atoms with van der Waals surface area (Å²) in [6.07, 6.45) is 8.45. The molecule has 1 aliphatic rings. The Morgan fingerprint density at radius 1 is 1.15 bits per heavy atom. The van der Waals surface area contributed by atoms with Gasteiger partial charge in [-0.3, -0.25) is 0 Å². The minimum atomic E-state index is 0.454. The highest BCUT2D eigenvalue weighted by molar-refractivity contribution is 4.77. The number of ether oxygens (including phenoxy) is 1. The van der Waals surface area contributed by atoms with Gasteiger partial charge in [0.15, 0.2) is 0 Å². The van der Waals surface area contributed by atoms with Crippen molar-refractivity contribution in [2.45, 2.75) is 57.6 Å². The highest BCUT2D eigenvalue weighted by Crippen LogP contribution is 2.19. The van der Waals surface area contributed by atoms with Crippen molar-refractivity contribution in [1.82, 2.24) is 5.32 Å². The highest BCUT2D eigenvalue weighted by atomic mass is 16.5. The molecule has 1 aliphatic carbocycles. The van der Waals surface area contributed by atoms with E-state index in [0.29, 0.717) is 12.1 Å². The fraction of sp³-hybridized carbons (Fsp3) is 1.00. The van der Waals surface area contributed by atoms with E-state index >= 15 is 0 Å². The lowest BCUT2D eigenvalue weighted by atomic mass is 9.94. The first-order chi connectivity index (χ1) is 6.38. The lowest BCUT2D eigenvalue weighted by Gasteiger charge is -2.28. The van der Waals surface area contributed by atoms with Crippen LogP contribution in [-0.2, 0) is 4.74 Å². The molecule has 1 N–H and O–H groups in total. The second kappa shape index (κ2) is 6.39. The van der Waals surface area contributed by atoms with Crippen molar-refractivity contribution in [1.29, 1.82) is 0 Å². The average molecular weight is 185 g/mol. The first kappa shape index (κ1) is 11.0. The van der Waals surface area contributed by atoms with Crippen molar-refractivity contribution in [2.24, 2.45) is 0 Å². The molecule has 2 heteroatoms. The summed E-state index contributed by atoms with van der Waals surface area (Å²) in [4.78, 5) is 0. The zero-order valence-corrected chi connectivity index (χ0v) is 9.01. The van der Waals surface area contributed by atoms with Gasteiger partial charge in [-0.15, -0.1) is 0 Å². The molecule has 2 nitrogen and oxygen atoms in total. The summed E-state index contributed by atoms with van der Waals surface area (Å²) in [6.45, 7) is 2.94. The first-order valence-electron chi connectivity index (χ1n) is 5.67. The van der Waals surface area contributed by atoms with Gasteiger partial charge in [-0.05, 0) is 26.8 Å².